The topological polar surface area (TPSA) is 172 Å². The molecule has 0 radical (unpaired) electrons. The van der Waals surface area contributed by atoms with Gasteiger partial charge in [0.25, 0.3) is 0 Å². The van der Waals surface area contributed by atoms with Gasteiger partial charge in [-0.15, -0.1) is 0 Å². The highest BCUT2D eigenvalue weighted by Crippen LogP contribution is 2.27. The summed E-state index contributed by atoms with van der Waals surface area (Å²) in [7, 11) is 0.294. The number of hydrogen-bond acceptors (Lipinski definition) is 8. The first-order valence-corrected chi connectivity index (χ1v) is 13.2. The van der Waals surface area contributed by atoms with E-state index < -0.39 is 40.1 Å². The molecule has 1 heterocycles. The molecule has 0 spiro atoms. The lowest BCUT2D eigenvalue weighted by molar-refractivity contribution is -0.145. The fourth-order valence-corrected chi connectivity index (χ4v) is 5.61. The summed E-state index contributed by atoms with van der Waals surface area (Å²) in [6, 6.07) is 9.91. The normalized spacial score (nSPS) is 16.3. The summed E-state index contributed by atoms with van der Waals surface area (Å²) in [5.41, 5.74) is 6.48. The van der Waals surface area contributed by atoms with Crippen LogP contribution in [-0.4, -0.2) is 81.3 Å². The first kappa shape index (κ1) is 28.6. The van der Waals surface area contributed by atoms with Crippen molar-refractivity contribution in [1.29, 1.82) is 5.41 Å². The van der Waals surface area contributed by atoms with Crippen LogP contribution in [0.3, 0.4) is 0 Å². The van der Waals surface area contributed by atoms with Gasteiger partial charge in [-0.25, -0.2) is 18.0 Å². The molecule has 12 nitrogen and oxygen atoms in total. The zero-order chi connectivity index (χ0) is 28.0. The van der Waals surface area contributed by atoms with Gasteiger partial charge < -0.3 is 25.4 Å². The second-order valence-corrected chi connectivity index (χ2v) is 10.8. The third kappa shape index (κ3) is 6.66. The number of carbonyl (C=O) groups excluding carboxylic acids is 3. The van der Waals surface area contributed by atoms with E-state index in [9.17, 15) is 22.8 Å². The lowest BCUT2D eigenvalue weighted by atomic mass is 10.0. The van der Waals surface area contributed by atoms with Gasteiger partial charge in [0.15, 0.2) is 0 Å². The second kappa shape index (κ2) is 12.0. The zero-order valence-electron chi connectivity index (χ0n) is 21.3. The third-order valence-electron chi connectivity index (χ3n) is 6.01. The van der Waals surface area contributed by atoms with E-state index >= 15 is 0 Å². The van der Waals surface area contributed by atoms with E-state index in [2.05, 4.69) is 5.32 Å². The Labute approximate surface area is 221 Å². The number of nitrogens with two attached hydrogens (primary N) is 1. The number of ether oxygens (including phenoxy) is 2. The highest BCUT2D eigenvalue weighted by molar-refractivity contribution is 7.89. The Morgan fingerprint density at radius 1 is 1.13 bits per heavy atom. The van der Waals surface area contributed by atoms with Crippen LogP contribution in [0, 0.1) is 5.41 Å². The number of amides is 2. The van der Waals surface area contributed by atoms with Crippen LogP contribution in [0.25, 0.3) is 0 Å². The molecule has 1 fully saturated rings. The molecule has 2 amide bonds. The number of nitrogens with one attached hydrogen (secondary N) is 2. The smallest absolute Gasteiger partial charge is 0.414 e. The summed E-state index contributed by atoms with van der Waals surface area (Å²) in [5.74, 6) is -1.17. The molecule has 3 rings (SSSR count). The molecular weight excluding hydrogens is 514 g/mol. The summed E-state index contributed by atoms with van der Waals surface area (Å²) in [6.45, 7) is 0.144. The third-order valence-corrected chi connectivity index (χ3v) is 7.94. The van der Waals surface area contributed by atoms with Gasteiger partial charge in [0.1, 0.15) is 23.7 Å². The summed E-state index contributed by atoms with van der Waals surface area (Å²) < 4.78 is 37.7. The Morgan fingerprint density at radius 3 is 2.32 bits per heavy atom. The number of rotatable bonds is 9. The fraction of sp³-hybridized carbons (Fsp3) is 0.360. The number of methoxy groups -OCH3 is 1. The highest BCUT2D eigenvalue weighted by atomic mass is 32.2. The molecule has 204 valence electrons. The molecule has 4 N–H and O–H groups in total. The maximum Gasteiger partial charge on any atom is 0.414 e. The molecule has 0 aliphatic carbocycles. The Hall–Kier alpha value is -3.97. The first-order valence-electron chi connectivity index (χ1n) is 11.8. The van der Waals surface area contributed by atoms with Crippen molar-refractivity contribution in [2.45, 2.75) is 36.2 Å². The van der Waals surface area contributed by atoms with Crippen LogP contribution < -0.4 is 15.8 Å². The molecule has 38 heavy (non-hydrogen) atoms. The van der Waals surface area contributed by atoms with E-state index in [1.807, 2.05) is 0 Å². The Balaban J connectivity index is 1.73. The van der Waals surface area contributed by atoms with E-state index in [1.54, 1.807) is 38.4 Å². The van der Waals surface area contributed by atoms with Crippen LogP contribution in [0.15, 0.2) is 53.4 Å². The summed E-state index contributed by atoms with van der Waals surface area (Å²) in [5, 5.41) is 10.1. The van der Waals surface area contributed by atoms with Crippen LogP contribution in [-0.2, 0) is 30.8 Å². The monoisotopic (exact) mass is 545 g/mol. The molecule has 2 atom stereocenters. The summed E-state index contributed by atoms with van der Waals surface area (Å²) in [4.78, 5) is 38.6. The van der Waals surface area contributed by atoms with E-state index in [4.69, 9.17) is 20.6 Å². The molecule has 13 heteroatoms. The molecule has 2 aromatic rings. The summed E-state index contributed by atoms with van der Waals surface area (Å²) in [6.07, 6.45) is 0.296. The van der Waals surface area contributed by atoms with Gasteiger partial charge >= 0.3 is 12.1 Å². The van der Waals surface area contributed by atoms with Crippen LogP contribution in [0.4, 0.5) is 4.79 Å². The van der Waals surface area contributed by atoms with E-state index in [1.165, 1.54) is 36.3 Å². The lowest BCUT2D eigenvalue weighted by Gasteiger charge is -2.25. The van der Waals surface area contributed by atoms with Crippen LogP contribution >= 0.6 is 0 Å². The Morgan fingerprint density at radius 2 is 1.76 bits per heavy atom. The predicted octanol–water partition coefficient (Wildman–Crippen LogP) is 1.08. The van der Waals surface area contributed by atoms with Gasteiger partial charge in [-0.2, -0.15) is 4.31 Å². The number of nitrogen functional groups attached to an aromatic ring is 1. The lowest BCUT2D eigenvalue weighted by Crippen LogP contribution is -2.51. The minimum Gasteiger partial charge on any atom is -0.467 e. The largest absolute Gasteiger partial charge is 0.467 e. The van der Waals surface area contributed by atoms with Crippen molar-refractivity contribution in [3.05, 3.63) is 59.7 Å². The van der Waals surface area contributed by atoms with E-state index in [0.717, 1.165) is 4.31 Å². The SMILES string of the molecule is COC(=O)[C@H](Cc1ccc(OC(=O)N(C)C)cc1)NC(=O)[C@@H]1CCCN1S(=O)(=O)c1ccc(C(=N)N)cc1. The maximum atomic E-state index is 13.3. The number of benzene rings is 2. The molecule has 1 saturated heterocycles. The van der Waals surface area contributed by atoms with Crippen LogP contribution in [0.1, 0.15) is 24.0 Å². The highest BCUT2D eigenvalue weighted by Gasteiger charge is 2.40. The quantitative estimate of drug-likeness (QED) is 0.239. The number of amidine groups is 1. The van der Waals surface area contributed by atoms with Crippen LogP contribution in [0.2, 0.25) is 0 Å². The van der Waals surface area contributed by atoms with Gasteiger partial charge in [-0.3, -0.25) is 10.2 Å². The van der Waals surface area contributed by atoms with Crippen molar-refractivity contribution in [3.8, 4) is 5.75 Å². The minimum absolute atomic E-state index is 0.0261. The number of hydrogen-bond donors (Lipinski definition) is 3. The number of sulfonamides is 1. The first-order chi connectivity index (χ1) is 17.9. The summed E-state index contributed by atoms with van der Waals surface area (Å²) >= 11 is 0. The molecule has 0 bridgehead atoms. The minimum atomic E-state index is -4.02. The van der Waals surface area contributed by atoms with Crippen LogP contribution in [0.5, 0.6) is 5.75 Å². The van der Waals surface area contributed by atoms with Crippen molar-refractivity contribution in [3.63, 3.8) is 0 Å². The van der Waals surface area contributed by atoms with Gasteiger partial charge in [-0.05, 0) is 54.8 Å². The molecule has 0 aromatic heterocycles. The molecule has 0 saturated carbocycles. The second-order valence-electron chi connectivity index (χ2n) is 8.91. The molecule has 2 aromatic carbocycles. The number of esters is 1. The van der Waals surface area contributed by atoms with Crippen molar-refractivity contribution in [2.75, 3.05) is 27.7 Å². The van der Waals surface area contributed by atoms with E-state index in [0.29, 0.717) is 23.3 Å². The molecule has 1 aliphatic rings. The molecular formula is C25H31N5O7S. The van der Waals surface area contributed by atoms with Gasteiger partial charge in [0.05, 0.1) is 12.0 Å². The van der Waals surface area contributed by atoms with Crippen molar-refractivity contribution in [2.24, 2.45) is 5.73 Å². The zero-order valence-corrected chi connectivity index (χ0v) is 22.2. The molecule has 1 aliphatic heterocycles. The standard InChI is InChI=1S/C25H31N5O7S/c1-29(2)25(33)37-18-10-6-16(7-11-18)15-20(24(32)36-3)28-23(31)21-5-4-14-30(21)38(34,35)19-12-8-17(9-13-19)22(26)27/h6-13,20-21H,4-5,14-15H2,1-3H3,(H3,26,27)(H,28,31)/t20-,21-/m0/s1. The Kier molecular flexibility index (Phi) is 9.07. The fourth-order valence-electron chi connectivity index (χ4n) is 3.96. The maximum absolute atomic E-state index is 13.3. The van der Waals surface area contributed by atoms with Crippen molar-refractivity contribution in [1.82, 2.24) is 14.5 Å². The number of nitrogens with zero attached hydrogens (tertiary/aromatic N) is 2. The van der Waals surface area contributed by atoms with Gasteiger partial charge in [0, 0.05) is 32.6 Å². The van der Waals surface area contributed by atoms with E-state index in [-0.39, 0.29) is 30.1 Å². The number of carbonyl (C=O) groups is 3. The van der Waals surface area contributed by atoms with Crippen molar-refractivity contribution >= 4 is 33.8 Å². The molecule has 0 unspecified atom stereocenters. The predicted molar refractivity (Wildman–Crippen MR) is 138 cm³/mol. The van der Waals surface area contributed by atoms with Gasteiger partial charge in [-0.1, -0.05) is 12.1 Å². The average Bonchev–Trinajstić information content (AvgIpc) is 3.40. The average molecular weight is 546 g/mol. The van der Waals surface area contributed by atoms with Gasteiger partial charge in [0.2, 0.25) is 15.9 Å². The Bertz CT molecular complexity index is 1290. The van der Waals surface area contributed by atoms with Crippen molar-refractivity contribution < 1.29 is 32.3 Å².